The number of hydrogen-bond acceptors (Lipinski definition) is 2. The topological polar surface area (TPSA) is 23.5 Å². The Balaban J connectivity index is 2.48. The Morgan fingerprint density at radius 1 is 1.00 bits per heavy atom. The quantitative estimate of drug-likeness (QED) is 0.873. The van der Waals surface area contributed by atoms with Gasteiger partial charge in [-0.25, -0.2) is 0 Å². The molecule has 0 aliphatic carbocycles. The predicted octanol–water partition coefficient (Wildman–Crippen LogP) is 3.69. The van der Waals surface area contributed by atoms with E-state index in [0.717, 1.165) is 10.9 Å². The summed E-state index contributed by atoms with van der Waals surface area (Å²) in [6.45, 7) is 8.61. The van der Waals surface area contributed by atoms with Crippen LogP contribution in [0.25, 0.3) is 0 Å². The molecular formula is C19H26NOP. The Kier molecular flexibility index (Phi) is 4.82. The van der Waals surface area contributed by atoms with Crippen molar-refractivity contribution in [3.05, 3.63) is 47.5 Å². The summed E-state index contributed by atoms with van der Waals surface area (Å²) < 4.78 is 0. The van der Waals surface area contributed by atoms with Crippen LogP contribution in [0.1, 0.15) is 31.9 Å². The van der Waals surface area contributed by atoms with E-state index >= 15 is 0 Å². The molecule has 118 valence electrons. The van der Waals surface area contributed by atoms with Crippen LogP contribution in [-0.4, -0.2) is 19.2 Å². The second-order valence-corrected chi connectivity index (χ2v) is 8.30. The first-order chi connectivity index (χ1) is 10.2. The summed E-state index contributed by atoms with van der Waals surface area (Å²) >= 11 is 0. The third-order valence-electron chi connectivity index (χ3n) is 3.82. The summed E-state index contributed by atoms with van der Waals surface area (Å²) in [6.07, 6.45) is 0. The van der Waals surface area contributed by atoms with Crippen LogP contribution in [0.3, 0.4) is 0 Å². The van der Waals surface area contributed by atoms with E-state index in [4.69, 9.17) is 0 Å². The standard InChI is InChI=1S/C19H26NOP/c1-13-11-14(19(2,3)4)12-17(18(13)21)22-16-10-8-7-9-15(16)20(5)6/h7-12,21-22H,1-6H3. The van der Waals surface area contributed by atoms with Crippen molar-refractivity contribution in [3.63, 3.8) is 0 Å². The smallest absolute Gasteiger partial charge is 0.126 e. The molecule has 2 rings (SSSR count). The van der Waals surface area contributed by atoms with E-state index in [0.29, 0.717) is 14.3 Å². The van der Waals surface area contributed by atoms with Gasteiger partial charge in [-0.15, -0.1) is 0 Å². The Morgan fingerprint density at radius 2 is 1.64 bits per heavy atom. The third kappa shape index (κ3) is 3.62. The molecule has 0 amide bonds. The first kappa shape index (κ1) is 16.8. The molecule has 2 aromatic carbocycles. The first-order valence-corrected chi connectivity index (χ1v) is 8.57. The molecule has 1 unspecified atom stereocenters. The van der Waals surface area contributed by atoms with Crippen LogP contribution in [-0.2, 0) is 5.41 Å². The Bertz CT molecular complexity index is 672. The molecule has 0 bridgehead atoms. The van der Waals surface area contributed by atoms with Gasteiger partial charge < -0.3 is 10.0 Å². The third-order valence-corrected chi connectivity index (χ3v) is 5.16. The van der Waals surface area contributed by atoms with E-state index in [-0.39, 0.29) is 5.41 Å². The maximum Gasteiger partial charge on any atom is 0.126 e. The average Bonchev–Trinajstić information content (AvgIpc) is 2.42. The van der Waals surface area contributed by atoms with E-state index in [1.54, 1.807) is 0 Å². The highest BCUT2D eigenvalue weighted by molar-refractivity contribution is 7.56. The molecule has 2 aromatic rings. The van der Waals surface area contributed by atoms with Crippen molar-refractivity contribution in [3.8, 4) is 5.75 Å². The van der Waals surface area contributed by atoms with Crippen molar-refractivity contribution in [2.75, 3.05) is 19.0 Å². The van der Waals surface area contributed by atoms with Crippen LogP contribution < -0.4 is 15.5 Å². The zero-order chi connectivity index (χ0) is 16.5. The van der Waals surface area contributed by atoms with E-state index in [2.05, 4.69) is 76.2 Å². The molecule has 3 heteroatoms. The van der Waals surface area contributed by atoms with Crippen LogP contribution in [0.2, 0.25) is 0 Å². The zero-order valence-corrected chi connectivity index (χ0v) is 15.4. The lowest BCUT2D eigenvalue weighted by Crippen LogP contribution is -2.19. The van der Waals surface area contributed by atoms with Gasteiger partial charge in [-0.1, -0.05) is 53.6 Å². The summed E-state index contributed by atoms with van der Waals surface area (Å²) in [5, 5.41) is 12.8. The van der Waals surface area contributed by atoms with E-state index in [1.807, 2.05) is 6.92 Å². The Hall–Kier alpha value is -1.53. The van der Waals surface area contributed by atoms with Gasteiger partial charge in [-0.2, -0.15) is 0 Å². The first-order valence-electron chi connectivity index (χ1n) is 7.57. The molecule has 0 aliphatic heterocycles. The number of hydrogen-bond donors (Lipinski definition) is 1. The molecule has 0 fully saturated rings. The molecule has 0 aromatic heterocycles. The van der Waals surface area contributed by atoms with Gasteiger partial charge in [-0.05, 0) is 35.6 Å². The van der Waals surface area contributed by atoms with Crippen molar-refractivity contribution in [1.82, 2.24) is 0 Å². The van der Waals surface area contributed by atoms with E-state index in [1.165, 1.54) is 16.6 Å². The van der Waals surface area contributed by atoms with Gasteiger partial charge in [0.1, 0.15) is 5.75 Å². The molecule has 22 heavy (non-hydrogen) atoms. The normalized spacial score (nSPS) is 12.1. The van der Waals surface area contributed by atoms with Crippen LogP contribution in [0.4, 0.5) is 5.69 Å². The van der Waals surface area contributed by atoms with Crippen molar-refractivity contribution in [2.45, 2.75) is 33.1 Å². The van der Waals surface area contributed by atoms with Gasteiger partial charge in [0.15, 0.2) is 0 Å². The average molecular weight is 315 g/mol. The lowest BCUT2D eigenvalue weighted by molar-refractivity contribution is 0.474. The molecule has 0 saturated carbocycles. The number of aromatic hydroxyl groups is 1. The summed E-state index contributed by atoms with van der Waals surface area (Å²) in [6, 6.07) is 12.6. The molecule has 1 N–H and O–H groups in total. The number of para-hydroxylation sites is 1. The summed E-state index contributed by atoms with van der Waals surface area (Å²) in [4.78, 5) is 2.12. The van der Waals surface area contributed by atoms with E-state index in [9.17, 15) is 5.11 Å². The van der Waals surface area contributed by atoms with Gasteiger partial charge >= 0.3 is 0 Å². The molecule has 0 spiro atoms. The summed E-state index contributed by atoms with van der Waals surface area (Å²) in [5.41, 5.74) is 3.52. The number of nitrogens with zero attached hydrogens (tertiary/aromatic N) is 1. The molecular weight excluding hydrogens is 289 g/mol. The maximum absolute atomic E-state index is 10.5. The second-order valence-electron chi connectivity index (χ2n) is 6.98. The molecule has 0 heterocycles. The molecule has 0 aliphatic rings. The fourth-order valence-electron chi connectivity index (χ4n) is 2.42. The maximum atomic E-state index is 10.5. The second kappa shape index (κ2) is 6.30. The van der Waals surface area contributed by atoms with Gasteiger partial charge in [0.05, 0.1) is 0 Å². The van der Waals surface area contributed by atoms with Gasteiger partial charge in [0.2, 0.25) is 0 Å². The zero-order valence-electron chi connectivity index (χ0n) is 14.4. The molecule has 2 nitrogen and oxygen atoms in total. The predicted molar refractivity (Wildman–Crippen MR) is 99.9 cm³/mol. The minimum absolute atomic E-state index is 0.0821. The monoisotopic (exact) mass is 315 g/mol. The van der Waals surface area contributed by atoms with Gasteiger partial charge in [0.25, 0.3) is 0 Å². The van der Waals surface area contributed by atoms with Crippen LogP contribution in [0.5, 0.6) is 5.75 Å². The fraction of sp³-hybridized carbons (Fsp3) is 0.368. The van der Waals surface area contributed by atoms with Crippen molar-refractivity contribution < 1.29 is 5.11 Å². The Morgan fingerprint density at radius 3 is 2.23 bits per heavy atom. The molecule has 0 saturated heterocycles. The van der Waals surface area contributed by atoms with Gasteiger partial charge in [-0.3, -0.25) is 0 Å². The number of rotatable bonds is 3. The largest absolute Gasteiger partial charge is 0.507 e. The number of aryl methyl sites for hydroxylation is 1. The lowest BCUT2D eigenvalue weighted by atomic mass is 9.86. The SMILES string of the molecule is Cc1cc(C(C)(C)C)cc(Pc2ccccc2N(C)C)c1O. The van der Waals surface area contributed by atoms with Crippen LogP contribution in [0, 0.1) is 6.92 Å². The number of phenolic OH excluding ortho intramolecular Hbond substituents is 1. The van der Waals surface area contributed by atoms with E-state index < -0.39 is 0 Å². The van der Waals surface area contributed by atoms with Crippen LogP contribution in [0.15, 0.2) is 36.4 Å². The van der Waals surface area contributed by atoms with Crippen molar-refractivity contribution in [1.29, 1.82) is 0 Å². The highest BCUT2D eigenvalue weighted by Gasteiger charge is 2.18. The van der Waals surface area contributed by atoms with Crippen molar-refractivity contribution >= 4 is 24.9 Å². The number of phenols is 1. The minimum atomic E-state index is 0.0821. The fourth-order valence-corrected chi connectivity index (χ4v) is 3.87. The summed E-state index contributed by atoms with van der Waals surface area (Å²) in [5.74, 6) is 0.430. The highest BCUT2D eigenvalue weighted by Crippen LogP contribution is 2.30. The number of benzene rings is 2. The molecule has 1 atom stereocenters. The highest BCUT2D eigenvalue weighted by atomic mass is 31.1. The number of anilines is 1. The lowest BCUT2D eigenvalue weighted by Gasteiger charge is -2.23. The van der Waals surface area contributed by atoms with Crippen LogP contribution >= 0.6 is 8.58 Å². The van der Waals surface area contributed by atoms with Gasteiger partial charge in [0, 0.05) is 30.4 Å². The molecule has 0 radical (unpaired) electrons. The van der Waals surface area contributed by atoms with Crippen molar-refractivity contribution in [2.24, 2.45) is 0 Å². The minimum Gasteiger partial charge on any atom is -0.507 e. The summed E-state index contributed by atoms with van der Waals surface area (Å²) in [7, 11) is 4.56. The Labute approximate surface area is 136 Å².